The SMILES string of the molecule is Cc1cc(Cl)ccc1N1C(=O)c2cc3ccsc3n2CC1(C)C(=O)NC1CCCCC1. The lowest BCUT2D eigenvalue weighted by atomic mass is 9.90. The molecule has 2 aromatic heterocycles. The maximum absolute atomic E-state index is 13.8. The molecule has 1 aromatic carbocycles. The van der Waals surface area contributed by atoms with Gasteiger partial charge in [-0.05, 0) is 68.0 Å². The zero-order chi connectivity index (χ0) is 21.8. The van der Waals surface area contributed by atoms with E-state index >= 15 is 0 Å². The first kappa shape index (κ1) is 20.6. The molecule has 0 spiro atoms. The van der Waals surface area contributed by atoms with E-state index < -0.39 is 5.54 Å². The third-order valence-corrected chi connectivity index (χ3v) is 7.90. The van der Waals surface area contributed by atoms with Gasteiger partial charge < -0.3 is 9.88 Å². The number of amides is 2. The third-order valence-electron chi connectivity index (χ3n) is 6.71. The number of rotatable bonds is 3. The van der Waals surface area contributed by atoms with Gasteiger partial charge in [0.25, 0.3) is 5.91 Å². The predicted molar refractivity (Wildman–Crippen MR) is 126 cm³/mol. The Hall–Kier alpha value is -2.31. The molecule has 7 heteroatoms. The smallest absolute Gasteiger partial charge is 0.275 e. The molecular formula is C24H26ClN3O2S. The number of aromatic nitrogens is 1. The molecule has 0 saturated heterocycles. The summed E-state index contributed by atoms with van der Waals surface area (Å²) in [5.74, 6) is -0.243. The average molecular weight is 456 g/mol. The maximum Gasteiger partial charge on any atom is 0.275 e. The van der Waals surface area contributed by atoms with E-state index in [9.17, 15) is 9.59 Å². The van der Waals surface area contributed by atoms with E-state index in [0.717, 1.165) is 47.2 Å². The summed E-state index contributed by atoms with van der Waals surface area (Å²) >= 11 is 7.79. The van der Waals surface area contributed by atoms with Gasteiger partial charge in [-0.1, -0.05) is 30.9 Å². The molecule has 1 atom stereocenters. The summed E-state index contributed by atoms with van der Waals surface area (Å²) in [5.41, 5.74) is 1.18. The number of carbonyl (C=O) groups excluding carboxylic acids is 2. The van der Waals surface area contributed by atoms with E-state index in [1.165, 1.54) is 6.42 Å². The number of hydrogen-bond donors (Lipinski definition) is 1. The van der Waals surface area contributed by atoms with Gasteiger partial charge in [0.15, 0.2) is 0 Å². The zero-order valence-corrected chi connectivity index (χ0v) is 19.4. The molecule has 1 N–H and O–H groups in total. The summed E-state index contributed by atoms with van der Waals surface area (Å²) in [5, 5.41) is 6.96. The van der Waals surface area contributed by atoms with Crippen molar-refractivity contribution in [1.82, 2.24) is 9.88 Å². The largest absolute Gasteiger partial charge is 0.351 e. The molecule has 1 fully saturated rings. The minimum absolute atomic E-state index is 0.0915. The number of fused-ring (bicyclic) bond motifs is 3. The number of halogens is 1. The number of benzene rings is 1. The van der Waals surface area contributed by atoms with Crippen LogP contribution in [-0.2, 0) is 11.3 Å². The lowest BCUT2D eigenvalue weighted by Gasteiger charge is -2.45. The normalized spacial score (nSPS) is 22.0. The molecule has 0 radical (unpaired) electrons. The first-order chi connectivity index (χ1) is 14.9. The van der Waals surface area contributed by atoms with Crippen LogP contribution in [0.15, 0.2) is 35.7 Å². The fourth-order valence-corrected chi connectivity index (χ4v) is 6.16. The Morgan fingerprint density at radius 2 is 1.97 bits per heavy atom. The first-order valence-corrected chi connectivity index (χ1v) is 12.1. The van der Waals surface area contributed by atoms with E-state index in [2.05, 4.69) is 5.32 Å². The molecule has 5 rings (SSSR count). The fraction of sp³-hybridized carbons (Fsp3) is 0.417. The molecule has 2 aliphatic rings. The molecule has 3 heterocycles. The molecule has 31 heavy (non-hydrogen) atoms. The van der Waals surface area contributed by atoms with Crippen LogP contribution in [0.4, 0.5) is 5.69 Å². The van der Waals surface area contributed by atoms with Gasteiger partial charge in [0.1, 0.15) is 16.1 Å². The van der Waals surface area contributed by atoms with Crippen LogP contribution < -0.4 is 10.2 Å². The highest BCUT2D eigenvalue weighted by Crippen LogP contribution is 2.39. The summed E-state index contributed by atoms with van der Waals surface area (Å²) in [4.78, 5) is 30.3. The van der Waals surface area contributed by atoms with Crippen LogP contribution in [0.25, 0.3) is 10.2 Å². The fourth-order valence-electron chi connectivity index (χ4n) is 5.03. The highest BCUT2D eigenvalue weighted by atomic mass is 35.5. The third kappa shape index (κ3) is 3.37. The van der Waals surface area contributed by atoms with Crippen molar-refractivity contribution < 1.29 is 9.59 Å². The molecule has 1 saturated carbocycles. The van der Waals surface area contributed by atoms with Gasteiger partial charge in [-0.15, -0.1) is 11.3 Å². The lowest BCUT2D eigenvalue weighted by Crippen LogP contribution is -2.65. The van der Waals surface area contributed by atoms with Gasteiger partial charge in [0, 0.05) is 22.1 Å². The van der Waals surface area contributed by atoms with Gasteiger partial charge >= 0.3 is 0 Å². The van der Waals surface area contributed by atoms with Crippen LogP contribution in [0.5, 0.6) is 0 Å². The second kappa shape index (κ2) is 7.68. The number of nitrogens with zero attached hydrogens (tertiary/aromatic N) is 2. The molecule has 1 unspecified atom stereocenters. The average Bonchev–Trinajstić information content (AvgIpc) is 3.33. The van der Waals surface area contributed by atoms with Gasteiger partial charge in [-0.3, -0.25) is 14.5 Å². The molecule has 2 amide bonds. The number of aryl methyl sites for hydroxylation is 1. The van der Waals surface area contributed by atoms with Crippen LogP contribution in [0.3, 0.4) is 0 Å². The quantitative estimate of drug-likeness (QED) is 0.564. The van der Waals surface area contributed by atoms with Crippen molar-refractivity contribution in [2.24, 2.45) is 0 Å². The predicted octanol–water partition coefficient (Wildman–Crippen LogP) is 5.53. The summed E-state index contributed by atoms with van der Waals surface area (Å²) in [6.45, 7) is 4.23. The van der Waals surface area contributed by atoms with Crippen LogP contribution in [-0.4, -0.2) is 28.0 Å². The standard InChI is InChI=1S/C24H26ClN3O2S/c1-15-12-17(25)8-9-19(15)28-21(29)20-13-16-10-11-31-22(16)27(20)14-24(28,2)23(30)26-18-6-4-3-5-7-18/h8-13,18H,3-7,14H2,1-2H3,(H,26,30). The van der Waals surface area contributed by atoms with Crippen molar-refractivity contribution in [3.05, 3.63) is 52.0 Å². The molecule has 1 aliphatic carbocycles. The van der Waals surface area contributed by atoms with Gasteiger partial charge in [-0.25, -0.2) is 0 Å². The Balaban J connectivity index is 1.62. The van der Waals surface area contributed by atoms with Crippen molar-refractivity contribution in [3.63, 3.8) is 0 Å². The van der Waals surface area contributed by atoms with Crippen LogP contribution in [0.2, 0.25) is 5.02 Å². The Labute approximate surface area is 191 Å². The lowest BCUT2D eigenvalue weighted by molar-refractivity contribution is -0.127. The number of thiophene rings is 1. The van der Waals surface area contributed by atoms with Gasteiger partial charge in [0.2, 0.25) is 5.91 Å². The number of hydrogen-bond acceptors (Lipinski definition) is 3. The summed E-state index contributed by atoms with van der Waals surface area (Å²) < 4.78 is 2.02. The molecule has 5 nitrogen and oxygen atoms in total. The second-order valence-electron chi connectivity index (χ2n) is 8.95. The Morgan fingerprint density at radius 3 is 2.71 bits per heavy atom. The van der Waals surface area contributed by atoms with E-state index in [-0.39, 0.29) is 17.9 Å². The molecule has 1 aliphatic heterocycles. The second-order valence-corrected chi connectivity index (χ2v) is 10.3. The van der Waals surface area contributed by atoms with E-state index in [1.807, 2.05) is 48.1 Å². The minimum atomic E-state index is -1.05. The maximum atomic E-state index is 13.8. The van der Waals surface area contributed by atoms with Crippen molar-refractivity contribution in [2.75, 3.05) is 4.90 Å². The van der Waals surface area contributed by atoms with Crippen molar-refractivity contribution >= 4 is 50.7 Å². The van der Waals surface area contributed by atoms with Crippen molar-refractivity contribution in [1.29, 1.82) is 0 Å². The Morgan fingerprint density at radius 1 is 1.19 bits per heavy atom. The van der Waals surface area contributed by atoms with Crippen molar-refractivity contribution in [3.8, 4) is 0 Å². The Bertz CT molecular complexity index is 1180. The summed E-state index contributed by atoms with van der Waals surface area (Å²) in [6, 6.07) is 9.61. The minimum Gasteiger partial charge on any atom is -0.351 e. The first-order valence-electron chi connectivity index (χ1n) is 10.9. The highest BCUT2D eigenvalue weighted by molar-refractivity contribution is 7.16. The zero-order valence-electron chi connectivity index (χ0n) is 17.8. The molecular weight excluding hydrogens is 430 g/mol. The number of nitrogens with one attached hydrogen (secondary N) is 1. The summed E-state index contributed by atoms with van der Waals surface area (Å²) in [7, 11) is 0. The molecule has 3 aromatic rings. The molecule has 162 valence electrons. The van der Waals surface area contributed by atoms with Crippen molar-refractivity contribution in [2.45, 2.75) is 64.1 Å². The summed E-state index contributed by atoms with van der Waals surface area (Å²) in [6.07, 6.45) is 5.50. The topological polar surface area (TPSA) is 54.3 Å². The van der Waals surface area contributed by atoms with Crippen LogP contribution in [0.1, 0.15) is 55.1 Å². The van der Waals surface area contributed by atoms with Gasteiger partial charge in [-0.2, -0.15) is 0 Å². The number of carbonyl (C=O) groups is 2. The Kier molecular flexibility index (Phi) is 5.10. The molecule has 0 bridgehead atoms. The van der Waals surface area contributed by atoms with E-state index in [4.69, 9.17) is 11.6 Å². The van der Waals surface area contributed by atoms with Crippen LogP contribution in [0, 0.1) is 6.92 Å². The number of anilines is 1. The highest BCUT2D eigenvalue weighted by Gasteiger charge is 2.49. The van der Waals surface area contributed by atoms with Crippen LogP contribution >= 0.6 is 22.9 Å². The van der Waals surface area contributed by atoms with E-state index in [1.54, 1.807) is 22.3 Å². The van der Waals surface area contributed by atoms with E-state index in [0.29, 0.717) is 17.3 Å². The monoisotopic (exact) mass is 455 g/mol. The van der Waals surface area contributed by atoms with Gasteiger partial charge in [0.05, 0.1) is 6.54 Å².